The van der Waals surface area contributed by atoms with Crippen LogP contribution >= 0.6 is 11.8 Å². The molecule has 1 amide bonds. The number of amides is 1. The first-order chi connectivity index (χ1) is 7.65. The van der Waals surface area contributed by atoms with E-state index in [1.165, 1.54) is 0 Å². The van der Waals surface area contributed by atoms with Gasteiger partial charge in [0.1, 0.15) is 6.04 Å². The monoisotopic (exact) mass is 246 g/mol. The van der Waals surface area contributed by atoms with Crippen LogP contribution in [0.4, 0.5) is 0 Å². The SMILES string of the molecule is CCCNC(=O)CN1CCSCC1C(=O)O. The van der Waals surface area contributed by atoms with E-state index in [0.29, 0.717) is 18.8 Å². The lowest BCUT2D eigenvalue weighted by Gasteiger charge is -2.31. The predicted octanol–water partition coefficient (Wildman–Crippen LogP) is 0.0146. The maximum atomic E-state index is 11.5. The molecule has 1 rings (SSSR count). The molecular weight excluding hydrogens is 228 g/mol. The van der Waals surface area contributed by atoms with E-state index in [4.69, 9.17) is 5.11 Å². The molecule has 1 unspecified atom stereocenters. The van der Waals surface area contributed by atoms with E-state index in [2.05, 4.69) is 5.32 Å². The van der Waals surface area contributed by atoms with E-state index in [-0.39, 0.29) is 12.5 Å². The molecule has 0 aromatic heterocycles. The van der Waals surface area contributed by atoms with Crippen molar-refractivity contribution in [2.75, 3.05) is 31.1 Å². The van der Waals surface area contributed by atoms with Gasteiger partial charge in [0.05, 0.1) is 6.54 Å². The number of thioether (sulfide) groups is 1. The number of carboxylic acids is 1. The van der Waals surface area contributed by atoms with Crippen LogP contribution < -0.4 is 5.32 Å². The summed E-state index contributed by atoms with van der Waals surface area (Å²) < 4.78 is 0. The highest BCUT2D eigenvalue weighted by Gasteiger charge is 2.29. The van der Waals surface area contributed by atoms with E-state index in [9.17, 15) is 9.59 Å². The van der Waals surface area contributed by atoms with Gasteiger partial charge in [-0.15, -0.1) is 0 Å². The molecule has 0 aromatic carbocycles. The van der Waals surface area contributed by atoms with Crippen molar-refractivity contribution in [3.05, 3.63) is 0 Å². The second kappa shape index (κ2) is 6.75. The number of carboxylic acid groups (broad SMARTS) is 1. The topological polar surface area (TPSA) is 69.6 Å². The zero-order chi connectivity index (χ0) is 12.0. The summed E-state index contributed by atoms with van der Waals surface area (Å²) in [4.78, 5) is 24.2. The molecule has 1 aliphatic rings. The van der Waals surface area contributed by atoms with Gasteiger partial charge in [0.2, 0.25) is 5.91 Å². The Bertz CT molecular complexity index is 260. The van der Waals surface area contributed by atoms with Crippen LogP contribution in [0.3, 0.4) is 0 Å². The maximum absolute atomic E-state index is 11.5. The molecule has 0 radical (unpaired) electrons. The molecule has 5 nitrogen and oxygen atoms in total. The van der Waals surface area contributed by atoms with Gasteiger partial charge in [-0.05, 0) is 6.42 Å². The minimum atomic E-state index is -0.838. The summed E-state index contributed by atoms with van der Waals surface area (Å²) in [5, 5.41) is 11.8. The minimum absolute atomic E-state index is 0.0833. The van der Waals surface area contributed by atoms with Crippen molar-refractivity contribution in [1.29, 1.82) is 0 Å². The van der Waals surface area contributed by atoms with Gasteiger partial charge in [-0.3, -0.25) is 14.5 Å². The third-order valence-corrected chi connectivity index (χ3v) is 3.47. The second-order valence-electron chi connectivity index (χ2n) is 3.75. The molecule has 92 valence electrons. The first-order valence-electron chi connectivity index (χ1n) is 5.46. The summed E-state index contributed by atoms with van der Waals surface area (Å²) in [5.74, 6) is 0.539. The normalized spacial score (nSPS) is 21.7. The van der Waals surface area contributed by atoms with Crippen LogP contribution in [0.25, 0.3) is 0 Å². The molecular formula is C10H18N2O3S. The van der Waals surface area contributed by atoms with Crippen molar-refractivity contribution >= 4 is 23.6 Å². The number of rotatable bonds is 5. The number of hydrogen-bond donors (Lipinski definition) is 2. The molecule has 0 aromatic rings. The first kappa shape index (κ1) is 13.3. The Balaban J connectivity index is 2.43. The standard InChI is InChI=1S/C10H18N2O3S/c1-2-3-11-9(13)6-12-4-5-16-7-8(12)10(14)15/h8H,2-7H2,1H3,(H,11,13)(H,14,15). The van der Waals surface area contributed by atoms with Crippen LogP contribution in [-0.4, -0.2) is 59.1 Å². The molecule has 16 heavy (non-hydrogen) atoms. The summed E-state index contributed by atoms with van der Waals surface area (Å²) >= 11 is 1.63. The fourth-order valence-corrected chi connectivity index (χ4v) is 2.67. The number of carbonyl (C=O) groups excluding carboxylic acids is 1. The summed E-state index contributed by atoms with van der Waals surface area (Å²) in [6.45, 7) is 3.50. The Hall–Kier alpha value is -0.750. The first-order valence-corrected chi connectivity index (χ1v) is 6.62. The van der Waals surface area contributed by atoms with Gasteiger partial charge in [-0.1, -0.05) is 6.92 Å². The number of aliphatic carboxylic acids is 1. The molecule has 0 spiro atoms. The molecule has 0 bridgehead atoms. The molecule has 6 heteroatoms. The van der Waals surface area contributed by atoms with E-state index in [1.54, 1.807) is 16.7 Å². The van der Waals surface area contributed by atoms with Crippen molar-refractivity contribution in [1.82, 2.24) is 10.2 Å². The molecule has 1 aliphatic heterocycles. The van der Waals surface area contributed by atoms with Gasteiger partial charge >= 0.3 is 5.97 Å². The minimum Gasteiger partial charge on any atom is -0.480 e. The van der Waals surface area contributed by atoms with E-state index in [1.807, 2.05) is 6.92 Å². The van der Waals surface area contributed by atoms with Gasteiger partial charge in [0.15, 0.2) is 0 Å². The van der Waals surface area contributed by atoms with Crippen molar-refractivity contribution in [2.45, 2.75) is 19.4 Å². The van der Waals surface area contributed by atoms with Gasteiger partial charge in [-0.25, -0.2) is 0 Å². The zero-order valence-corrected chi connectivity index (χ0v) is 10.3. The fourth-order valence-electron chi connectivity index (χ4n) is 1.56. The van der Waals surface area contributed by atoms with Crippen LogP contribution in [-0.2, 0) is 9.59 Å². The number of nitrogens with one attached hydrogen (secondary N) is 1. The molecule has 1 fully saturated rings. The van der Waals surface area contributed by atoms with Crippen LogP contribution in [0.1, 0.15) is 13.3 Å². The summed E-state index contributed by atoms with van der Waals surface area (Å²) in [6.07, 6.45) is 0.893. The molecule has 1 heterocycles. The lowest BCUT2D eigenvalue weighted by Crippen LogP contribution is -2.51. The predicted molar refractivity (Wildman–Crippen MR) is 63.6 cm³/mol. The highest BCUT2D eigenvalue weighted by atomic mass is 32.2. The van der Waals surface area contributed by atoms with Gasteiger partial charge in [-0.2, -0.15) is 11.8 Å². The van der Waals surface area contributed by atoms with Crippen molar-refractivity contribution in [3.63, 3.8) is 0 Å². The number of hydrogen-bond acceptors (Lipinski definition) is 4. The quantitative estimate of drug-likeness (QED) is 0.715. The fraction of sp³-hybridized carbons (Fsp3) is 0.800. The van der Waals surface area contributed by atoms with Crippen molar-refractivity contribution in [2.24, 2.45) is 0 Å². The van der Waals surface area contributed by atoms with Crippen LogP contribution in [0, 0.1) is 0 Å². The Kier molecular flexibility index (Phi) is 5.62. The molecule has 1 saturated heterocycles. The van der Waals surface area contributed by atoms with Crippen LogP contribution in [0.2, 0.25) is 0 Å². The molecule has 1 atom stereocenters. The average molecular weight is 246 g/mol. The van der Waals surface area contributed by atoms with Crippen LogP contribution in [0.5, 0.6) is 0 Å². The van der Waals surface area contributed by atoms with Crippen molar-refractivity contribution < 1.29 is 14.7 Å². The van der Waals surface area contributed by atoms with E-state index < -0.39 is 12.0 Å². The van der Waals surface area contributed by atoms with E-state index >= 15 is 0 Å². The van der Waals surface area contributed by atoms with Crippen LogP contribution in [0.15, 0.2) is 0 Å². The summed E-state index contributed by atoms with van der Waals surface area (Å²) in [7, 11) is 0. The summed E-state index contributed by atoms with van der Waals surface area (Å²) in [5.41, 5.74) is 0. The third kappa shape index (κ3) is 4.02. The maximum Gasteiger partial charge on any atom is 0.321 e. The highest BCUT2D eigenvalue weighted by molar-refractivity contribution is 7.99. The molecule has 0 saturated carbocycles. The molecule has 0 aliphatic carbocycles. The highest BCUT2D eigenvalue weighted by Crippen LogP contribution is 2.16. The Morgan fingerprint density at radius 1 is 1.56 bits per heavy atom. The average Bonchev–Trinajstić information content (AvgIpc) is 2.27. The van der Waals surface area contributed by atoms with Gasteiger partial charge in [0, 0.05) is 24.6 Å². The van der Waals surface area contributed by atoms with Gasteiger partial charge < -0.3 is 10.4 Å². The Morgan fingerprint density at radius 2 is 2.31 bits per heavy atom. The van der Waals surface area contributed by atoms with E-state index in [0.717, 1.165) is 12.2 Å². The Morgan fingerprint density at radius 3 is 2.94 bits per heavy atom. The summed E-state index contributed by atoms with van der Waals surface area (Å²) in [6, 6.07) is -0.522. The second-order valence-corrected chi connectivity index (χ2v) is 4.90. The lowest BCUT2D eigenvalue weighted by atomic mass is 10.2. The van der Waals surface area contributed by atoms with Gasteiger partial charge in [0.25, 0.3) is 0 Å². The number of carbonyl (C=O) groups is 2. The zero-order valence-electron chi connectivity index (χ0n) is 9.44. The lowest BCUT2D eigenvalue weighted by molar-refractivity contribution is -0.143. The molecule has 2 N–H and O–H groups in total. The smallest absolute Gasteiger partial charge is 0.321 e. The largest absolute Gasteiger partial charge is 0.480 e. The number of nitrogens with zero attached hydrogens (tertiary/aromatic N) is 1. The van der Waals surface area contributed by atoms with Crippen molar-refractivity contribution in [3.8, 4) is 0 Å². The third-order valence-electron chi connectivity index (χ3n) is 2.44. The Labute approximate surface area is 99.6 Å².